The fourth-order valence-electron chi connectivity index (χ4n) is 5.02. The van der Waals surface area contributed by atoms with Crippen molar-refractivity contribution >= 4 is 51.9 Å². The Kier molecular flexibility index (Phi) is 31.4. The lowest BCUT2D eigenvalue weighted by molar-refractivity contribution is -0.385. The number of anilines is 1. The van der Waals surface area contributed by atoms with E-state index in [0.717, 1.165) is 5.75 Å². The molecule has 13 N–H and O–H groups in total. The van der Waals surface area contributed by atoms with Crippen molar-refractivity contribution in [3.8, 4) is 28.7 Å². The summed E-state index contributed by atoms with van der Waals surface area (Å²) in [7, 11) is 0. The lowest BCUT2D eigenvalue weighted by atomic mass is 10.3. The van der Waals surface area contributed by atoms with Gasteiger partial charge in [0.1, 0.15) is 35.4 Å². The van der Waals surface area contributed by atoms with Crippen LogP contribution in [0.1, 0.15) is 37.4 Å². The molecule has 2 aromatic heterocycles. The van der Waals surface area contributed by atoms with Crippen LogP contribution in [0.15, 0.2) is 130 Å². The third kappa shape index (κ3) is 28.7. The van der Waals surface area contributed by atoms with Crippen LogP contribution >= 0.6 is 0 Å². The maximum absolute atomic E-state index is 11.1. The number of amides is 3. The van der Waals surface area contributed by atoms with Crippen molar-refractivity contribution in [2.24, 2.45) is 17.5 Å². The summed E-state index contributed by atoms with van der Waals surface area (Å²) in [6.07, 6.45) is 0. The number of hydrogen-bond acceptors (Lipinski definition) is 27. The molecule has 0 unspecified atom stereocenters. The molecule has 0 spiro atoms. The maximum atomic E-state index is 11.1. The van der Waals surface area contributed by atoms with E-state index < -0.39 is 37.4 Å². The Hall–Kier alpha value is -11.3. The summed E-state index contributed by atoms with van der Waals surface area (Å²) in [5.41, 5.74) is 12.3. The molecule has 0 atom stereocenters. The largest absolute Gasteiger partial charge is 0.486 e. The first-order valence-electron chi connectivity index (χ1n) is 22.5. The topological polar surface area (TPSA) is 536 Å². The van der Waals surface area contributed by atoms with Gasteiger partial charge in [0.2, 0.25) is 17.7 Å². The van der Waals surface area contributed by atoms with E-state index >= 15 is 0 Å². The van der Waals surface area contributed by atoms with Crippen LogP contribution in [-0.4, -0.2) is 88.9 Å². The minimum absolute atomic E-state index is 0. The third-order valence-electron chi connectivity index (χ3n) is 8.65. The smallest absolute Gasteiger partial charge is 0.276 e. The number of ether oxygens (including phenoxy) is 5. The number of nitrogens with zero attached hydrogens (tertiary/aromatic N) is 8. The molecule has 35 heteroatoms. The summed E-state index contributed by atoms with van der Waals surface area (Å²) in [5.74, 6) is 15.5. The monoisotopic (exact) mass is 1150 g/mol. The maximum Gasteiger partial charge on any atom is 0.276 e. The Morgan fingerprint density at radius 1 is 0.476 bits per heavy atom. The highest BCUT2D eigenvalue weighted by atomic mass is 16.6. The predicted octanol–water partition coefficient (Wildman–Crippen LogP) is 3.07. The molecule has 7 rings (SSSR count). The van der Waals surface area contributed by atoms with Crippen LogP contribution < -0.4 is 63.2 Å². The number of aromatic nitrogens is 4. The second-order valence-electron chi connectivity index (χ2n) is 14.9. The highest BCUT2D eigenvalue weighted by Gasteiger charge is 2.10. The molecule has 7 aromatic rings. The van der Waals surface area contributed by atoms with Gasteiger partial charge in [-0.05, 0) is 79.7 Å². The molecule has 438 valence electrons. The molecule has 0 radical (unpaired) electrons. The molecule has 0 aliphatic carbocycles. The van der Waals surface area contributed by atoms with Crippen molar-refractivity contribution in [1.29, 1.82) is 0 Å². The predicted molar refractivity (Wildman–Crippen MR) is 283 cm³/mol. The molecule has 0 aliphatic rings. The number of nitrogens with two attached hydrogens (primary N) is 4. The number of carbonyl (C=O) groups excluding carboxylic acids is 4. The molecule has 5 aromatic carbocycles. The first-order chi connectivity index (χ1) is 38.6. The summed E-state index contributed by atoms with van der Waals surface area (Å²) in [6.45, 7) is 5.93. The molecular weight excluding hydrogens is 1090 g/mol. The summed E-state index contributed by atoms with van der Waals surface area (Å²) in [6, 6.07) is 29.1. The van der Waals surface area contributed by atoms with Gasteiger partial charge in [-0.2, -0.15) is 0 Å². The Balaban J connectivity index is 0.000000508. The van der Waals surface area contributed by atoms with E-state index in [1.807, 2.05) is 5.43 Å². The average Bonchev–Trinajstić information content (AvgIpc) is 4.09. The van der Waals surface area contributed by atoms with Crippen LogP contribution in [-0.2, 0) is 32.4 Å². The quantitative estimate of drug-likeness (QED) is 0.0201. The Morgan fingerprint density at radius 2 is 0.768 bits per heavy atom. The van der Waals surface area contributed by atoms with Gasteiger partial charge in [-0.3, -0.25) is 87.6 Å². The van der Waals surface area contributed by atoms with Crippen molar-refractivity contribution in [2.45, 2.75) is 40.9 Å². The Bertz CT molecular complexity index is 3090. The van der Waals surface area contributed by atoms with Crippen LogP contribution in [0.2, 0.25) is 0 Å². The molecular formula is C47H55N15O20. The second kappa shape index (κ2) is 37.5. The van der Waals surface area contributed by atoms with Gasteiger partial charge < -0.3 is 43.7 Å². The summed E-state index contributed by atoms with van der Waals surface area (Å²) in [4.78, 5) is 82.3. The number of nitrogen functional groups attached to an aromatic ring is 1. The standard InChI is InChI=1S/C10H11N3O5.C10H9N3O4.C10H11N3O2.C9H9NO4.C8H9N3O4.H4N2.H2O/c1-7(14)11-12-10(15)6-18-9-4-2-8(3-5-9)13(16)17;1-7-11-12-10(17-7)6-16-9-4-2-8(3-5-9)13(14)15;1-7-12-13-10(15-7)6-14-9-4-2-8(11)3-5-9;1-7(11)6-14-9-4-2-8(3-5-9)10(12)13;9-10-8(12)5-15-7-3-1-6(2-4-7)11(13)14;1-2;/h2-5H,6H2,1H3,(H,11,14)(H,12,15);2-5H,6H2,1H3;2-5H,6,11H2,1H3;2-5H,6H2,1H3;1-4H,5,9H2,(H,10,12);1-2H2;1H2. The van der Waals surface area contributed by atoms with Crippen molar-refractivity contribution in [3.63, 3.8) is 0 Å². The molecule has 35 nitrogen and oxygen atoms in total. The lowest BCUT2D eigenvalue weighted by Crippen LogP contribution is -2.42. The van der Waals surface area contributed by atoms with Crippen molar-refractivity contribution in [3.05, 3.63) is 185 Å². The number of non-ortho nitro benzene ring substituents is 4. The van der Waals surface area contributed by atoms with E-state index in [-0.39, 0.29) is 67.0 Å². The molecule has 0 fully saturated rings. The van der Waals surface area contributed by atoms with E-state index in [2.05, 4.69) is 42.9 Å². The molecule has 0 aliphatic heterocycles. The highest BCUT2D eigenvalue weighted by Crippen LogP contribution is 2.21. The van der Waals surface area contributed by atoms with Gasteiger partial charge in [0.15, 0.2) is 32.2 Å². The zero-order valence-corrected chi connectivity index (χ0v) is 43.7. The number of ketones is 1. The van der Waals surface area contributed by atoms with Gasteiger partial charge in [-0.25, -0.2) is 5.84 Å². The van der Waals surface area contributed by atoms with Crippen molar-refractivity contribution in [2.75, 3.05) is 25.6 Å². The van der Waals surface area contributed by atoms with Crippen LogP contribution in [0, 0.1) is 54.3 Å². The van der Waals surface area contributed by atoms with Gasteiger partial charge in [0.05, 0.1) is 19.7 Å². The number of benzene rings is 5. The zero-order valence-electron chi connectivity index (χ0n) is 43.7. The summed E-state index contributed by atoms with van der Waals surface area (Å²) >= 11 is 0. The number of hydrazine groups is 3. The SMILES string of the molecule is CC(=O)COc1ccc([N+](=O)[O-])cc1.CC(=O)NNC(=O)COc1ccc([N+](=O)[O-])cc1.Cc1nnc(COc2ccc(N)cc2)o1.Cc1nnc(COc2ccc([N+](=O)[O-])cc2)o1.NN.NNC(=O)COc1ccc([N+](=O)[O-])cc1.O. The Morgan fingerprint density at radius 3 is 1.04 bits per heavy atom. The molecule has 82 heavy (non-hydrogen) atoms. The van der Waals surface area contributed by atoms with Gasteiger partial charge in [-0.15, -0.1) is 20.4 Å². The molecule has 3 amide bonds. The third-order valence-corrected chi connectivity index (χ3v) is 8.65. The first-order valence-corrected chi connectivity index (χ1v) is 22.5. The van der Waals surface area contributed by atoms with E-state index in [4.69, 9.17) is 44.1 Å². The van der Waals surface area contributed by atoms with Gasteiger partial charge in [0, 0.05) is 75.0 Å². The van der Waals surface area contributed by atoms with E-state index in [1.165, 1.54) is 111 Å². The number of hydrogen-bond donors (Lipinski definition) is 7. The minimum Gasteiger partial charge on any atom is -0.486 e. The number of carbonyl (C=O) groups is 4. The highest BCUT2D eigenvalue weighted by molar-refractivity contribution is 5.81. The van der Waals surface area contributed by atoms with Crippen molar-refractivity contribution in [1.82, 2.24) is 36.7 Å². The number of rotatable bonds is 19. The number of nitro groups is 4. The first kappa shape index (κ1) is 68.7. The molecule has 0 bridgehead atoms. The summed E-state index contributed by atoms with van der Waals surface area (Å²) < 4.78 is 36.1. The van der Waals surface area contributed by atoms with Gasteiger partial charge in [-0.1, -0.05) is 0 Å². The molecule has 0 saturated heterocycles. The molecule has 2 heterocycles. The number of Topliss-reactive ketones (excluding diaryl/α,β-unsaturated/α-hetero) is 1. The lowest BCUT2D eigenvalue weighted by Gasteiger charge is -2.07. The van der Waals surface area contributed by atoms with E-state index in [1.54, 1.807) is 38.1 Å². The number of nitrogens with one attached hydrogen (secondary N) is 3. The van der Waals surface area contributed by atoms with Crippen LogP contribution in [0.25, 0.3) is 0 Å². The Labute approximate surface area is 462 Å². The van der Waals surface area contributed by atoms with Crippen LogP contribution in [0.5, 0.6) is 28.7 Å². The zero-order chi connectivity index (χ0) is 60.3. The normalized spacial score (nSPS) is 9.45. The van der Waals surface area contributed by atoms with E-state index in [0.29, 0.717) is 52.2 Å². The molecule has 0 saturated carbocycles. The van der Waals surface area contributed by atoms with Crippen molar-refractivity contribution < 1.29 is 76.9 Å². The fraction of sp³-hybridized carbons (Fsp3) is 0.191. The number of aryl methyl sites for hydroxylation is 2. The van der Waals surface area contributed by atoms with E-state index in [9.17, 15) is 59.6 Å². The minimum atomic E-state index is -0.538. The summed E-state index contributed by atoms with van der Waals surface area (Å²) in [5, 5.41) is 56.3. The second-order valence-corrected chi connectivity index (χ2v) is 14.9. The average molecular weight is 1150 g/mol. The number of nitro benzene ring substituents is 4. The fourth-order valence-corrected chi connectivity index (χ4v) is 5.02. The van der Waals surface area contributed by atoms with Crippen LogP contribution in [0.3, 0.4) is 0 Å². The van der Waals surface area contributed by atoms with Gasteiger partial charge >= 0.3 is 0 Å². The van der Waals surface area contributed by atoms with Crippen LogP contribution in [0.4, 0.5) is 28.4 Å². The van der Waals surface area contributed by atoms with Gasteiger partial charge in [0.25, 0.3) is 46.3 Å².